The Morgan fingerprint density at radius 2 is 2.25 bits per heavy atom. The highest BCUT2D eigenvalue weighted by molar-refractivity contribution is 5.88. The largest absolute Gasteiger partial charge is 0.493 e. The standard InChI is InChI=1S/C12H8FNO6/c1-17-10-5(13)2-8-11(19-4-18-8)9(10)7-3-6(12(15)16)14-20-7/h2-3H,4H2,1H3,(H,15,16). The van der Waals surface area contributed by atoms with Gasteiger partial charge in [-0.05, 0) is 0 Å². The molecule has 0 aliphatic carbocycles. The molecule has 0 saturated heterocycles. The smallest absolute Gasteiger partial charge is 0.358 e. The van der Waals surface area contributed by atoms with Crippen molar-refractivity contribution in [3.05, 3.63) is 23.6 Å². The van der Waals surface area contributed by atoms with Crippen LogP contribution in [0.2, 0.25) is 0 Å². The summed E-state index contributed by atoms with van der Waals surface area (Å²) in [5.74, 6) is -1.66. The fourth-order valence-corrected chi connectivity index (χ4v) is 1.91. The fraction of sp³-hybridized carbons (Fsp3) is 0.167. The van der Waals surface area contributed by atoms with Crippen molar-refractivity contribution < 1.29 is 33.0 Å². The van der Waals surface area contributed by atoms with Crippen LogP contribution in [0.25, 0.3) is 11.3 Å². The third-order valence-electron chi connectivity index (χ3n) is 2.75. The van der Waals surface area contributed by atoms with E-state index >= 15 is 0 Å². The molecular weight excluding hydrogens is 273 g/mol. The van der Waals surface area contributed by atoms with Gasteiger partial charge in [-0.3, -0.25) is 0 Å². The van der Waals surface area contributed by atoms with E-state index in [0.29, 0.717) is 0 Å². The fourth-order valence-electron chi connectivity index (χ4n) is 1.91. The minimum absolute atomic E-state index is 0.0144. The molecule has 1 aliphatic rings. The van der Waals surface area contributed by atoms with E-state index in [-0.39, 0.29) is 41.1 Å². The van der Waals surface area contributed by atoms with Gasteiger partial charge in [-0.1, -0.05) is 5.16 Å². The van der Waals surface area contributed by atoms with Crippen LogP contribution in [0, 0.1) is 5.82 Å². The van der Waals surface area contributed by atoms with E-state index < -0.39 is 11.8 Å². The van der Waals surface area contributed by atoms with Crippen molar-refractivity contribution in [2.75, 3.05) is 13.9 Å². The summed E-state index contributed by atoms with van der Waals surface area (Å²) >= 11 is 0. The molecule has 1 aliphatic heterocycles. The minimum Gasteiger partial charge on any atom is -0.493 e. The number of aromatic nitrogens is 1. The van der Waals surface area contributed by atoms with Crippen LogP contribution in [-0.2, 0) is 0 Å². The van der Waals surface area contributed by atoms with Crippen LogP contribution in [-0.4, -0.2) is 30.1 Å². The van der Waals surface area contributed by atoms with E-state index in [0.717, 1.165) is 12.1 Å². The lowest BCUT2D eigenvalue weighted by Crippen LogP contribution is -1.95. The molecule has 1 N–H and O–H groups in total. The number of hydrogen-bond acceptors (Lipinski definition) is 6. The number of ether oxygens (including phenoxy) is 3. The summed E-state index contributed by atoms with van der Waals surface area (Å²) in [6.07, 6.45) is 0. The van der Waals surface area contributed by atoms with Gasteiger partial charge in [-0.15, -0.1) is 0 Å². The summed E-state index contributed by atoms with van der Waals surface area (Å²) in [7, 11) is 1.28. The number of fused-ring (bicyclic) bond motifs is 1. The highest BCUT2D eigenvalue weighted by atomic mass is 19.1. The molecular formula is C12H8FNO6. The third-order valence-corrected chi connectivity index (χ3v) is 2.75. The molecule has 20 heavy (non-hydrogen) atoms. The number of hydrogen-bond donors (Lipinski definition) is 1. The van der Waals surface area contributed by atoms with E-state index in [9.17, 15) is 9.18 Å². The number of methoxy groups -OCH3 is 1. The molecule has 0 radical (unpaired) electrons. The van der Waals surface area contributed by atoms with Crippen molar-refractivity contribution in [3.63, 3.8) is 0 Å². The lowest BCUT2D eigenvalue weighted by Gasteiger charge is -2.09. The van der Waals surface area contributed by atoms with Crippen molar-refractivity contribution in [2.24, 2.45) is 0 Å². The van der Waals surface area contributed by atoms with Crippen molar-refractivity contribution in [3.8, 4) is 28.6 Å². The quantitative estimate of drug-likeness (QED) is 0.918. The van der Waals surface area contributed by atoms with Gasteiger partial charge >= 0.3 is 5.97 Å². The van der Waals surface area contributed by atoms with Gasteiger partial charge in [-0.2, -0.15) is 0 Å². The maximum atomic E-state index is 13.9. The zero-order valence-corrected chi connectivity index (χ0v) is 10.2. The van der Waals surface area contributed by atoms with Crippen molar-refractivity contribution >= 4 is 5.97 Å². The number of carboxylic acid groups (broad SMARTS) is 1. The van der Waals surface area contributed by atoms with Crippen LogP contribution in [0.3, 0.4) is 0 Å². The van der Waals surface area contributed by atoms with E-state index in [1.54, 1.807) is 0 Å². The van der Waals surface area contributed by atoms with Gasteiger partial charge in [-0.25, -0.2) is 9.18 Å². The van der Waals surface area contributed by atoms with Gasteiger partial charge in [0.05, 0.1) is 7.11 Å². The summed E-state index contributed by atoms with van der Waals surface area (Å²) in [6, 6.07) is 2.28. The normalized spacial score (nSPS) is 12.5. The Kier molecular flexibility index (Phi) is 2.70. The topological polar surface area (TPSA) is 91.0 Å². The average Bonchev–Trinajstić information content (AvgIpc) is 3.05. The number of nitrogens with zero attached hydrogens (tertiary/aromatic N) is 1. The number of rotatable bonds is 3. The summed E-state index contributed by atoms with van der Waals surface area (Å²) in [4.78, 5) is 10.8. The first-order valence-corrected chi connectivity index (χ1v) is 5.48. The molecule has 8 heteroatoms. The van der Waals surface area contributed by atoms with E-state index in [2.05, 4.69) is 5.16 Å². The molecule has 0 saturated carbocycles. The summed E-state index contributed by atoms with van der Waals surface area (Å²) in [5.41, 5.74) is -0.182. The predicted octanol–water partition coefficient (Wildman–Crippen LogP) is 1.92. The Labute approximate surface area is 111 Å². The number of carbonyl (C=O) groups is 1. The second-order valence-corrected chi connectivity index (χ2v) is 3.88. The highest BCUT2D eigenvalue weighted by Gasteiger charge is 2.29. The zero-order chi connectivity index (χ0) is 14.3. The monoisotopic (exact) mass is 281 g/mol. The van der Waals surface area contributed by atoms with Gasteiger partial charge in [0, 0.05) is 12.1 Å². The van der Waals surface area contributed by atoms with Crippen LogP contribution in [0.5, 0.6) is 17.2 Å². The summed E-state index contributed by atoms with van der Waals surface area (Å²) in [5, 5.41) is 12.2. The van der Waals surface area contributed by atoms with Crippen LogP contribution >= 0.6 is 0 Å². The van der Waals surface area contributed by atoms with Gasteiger partial charge in [0.15, 0.2) is 34.5 Å². The SMILES string of the molecule is COc1c(F)cc2c(c1-c1cc(C(=O)O)no1)OCO2. The minimum atomic E-state index is -1.26. The first kappa shape index (κ1) is 12.3. The molecule has 0 spiro atoms. The molecule has 104 valence electrons. The molecule has 0 unspecified atom stereocenters. The Hall–Kier alpha value is -2.77. The van der Waals surface area contributed by atoms with Crippen molar-refractivity contribution in [1.82, 2.24) is 5.16 Å². The maximum Gasteiger partial charge on any atom is 0.358 e. The number of aromatic carboxylic acids is 1. The molecule has 7 nitrogen and oxygen atoms in total. The Morgan fingerprint density at radius 3 is 2.90 bits per heavy atom. The Bertz CT molecular complexity index is 692. The van der Waals surface area contributed by atoms with E-state index in [4.69, 9.17) is 23.8 Å². The van der Waals surface area contributed by atoms with E-state index in [1.807, 2.05) is 0 Å². The number of benzene rings is 1. The van der Waals surface area contributed by atoms with Gasteiger partial charge in [0.1, 0.15) is 5.56 Å². The second-order valence-electron chi connectivity index (χ2n) is 3.88. The first-order chi connectivity index (χ1) is 9.61. The van der Waals surface area contributed by atoms with Gasteiger partial charge in [0.25, 0.3) is 0 Å². The summed E-state index contributed by atoms with van der Waals surface area (Å²) in [6.45, 7) is -0.0745. The molecule has 2 heterocycles. The summed E-state index contributed by atoms with van der Waals surface area (Å²) < 4.78 is 34.2. The number of halogens is 1. The molecule has 3 rings (SSSR count). The maximum absolute atomic E-state index is 13.9. The Morgan fingerprint density at radius 1 is 1.45 bits per heavy atom. The lowest BCUT2D eigenvalue weighted by atomic mass is 10.1. The van der Waals surface area contributed by atoms with Gasteiger partial charge in [0.2, 0.25) is 6.79 Å². The Balaban J connectivity index is 2.23. The lowest BCUT2D eigenvalue weighted by molar-refractivity contribution is 0.0686. The van der Waals surface area contributed by atoms with Crippen LogP contribution in [0.1, 0.15) is 10.5 Å². The van der Waals surface area contributed by atoms with Crippen LogP contribution in [0.15, 0.2) is 16.7 Å². The molecule has 0 bridgehead atoms. The zero-order valence-electron chi connectivity index (χ0n) is 10.2. The second kappa shape index (κ2) is 4.41. The average molecular weight is 281 g/mol. The first-order valence-electron chi connectivity index (χ1n) is 5.48. The molecule has 0 amide bonds. The predicted molar refractivity (Wildman–Crippen MR) is 61.5 cm³/mol. The third kappa shape index (κ3) is 1.73. The van der Waals surface area contributed by atoms with E-state index in [1.165, 1.54) is 7.11 Å². The molecule has 0 fully saturated rings. The molecule has 1 aromatic carbocycles. The molecule has 2 aromatic rings. The highest BCUT2D eigenvalue weighted by Crippen LogP contribution is 2.48. The van der Waals surface area contributed by atoms with Crippen LogP contribution < -0.4 is 14.2 Å². The molecule has 0 atom stereocenters. The molecule has 1 aromatic heterocycles. The van der Waals surface area contributed by atoms with Crippen molar-refractivity contribution in [1.29, 1.82) is 0 Å². The van der Waals surface area contributed by atoms with Gasteiger partial charge < -0.3 is 23.8 Å². The van der Waals surface area contributed by atoms with Crippen molar-refractivity contribution in [2.45, 2.75) is 0 Å². The number of carboxylic acids is 1. The van der Waals surface area contributed by atoms with Crippen LogP contribution in [0.4, 0.5) is 4.39 Å².